The zero-order valence-corrected chi connectivity index (χ0v) is 16.9. The molecule has 0 spiro atoms. The monoisotopic (exact) mass is 390 g/mol. The Kier molecular flexibility index (Phi) is 5.36. The maximum absolute atomic E-state index is 6.21. The molecule has 0 unspecified atom stereocenters. The van der Waals surface area contributed by atoms with E-state index in [1.54, 1.807) is 0 Å². The quantitative estimate of drug-likeness (QED) is 0.354. The fourth-order valence-corrected chi connectivity index (χ4v) is 3.63. The summed E-state index contributed by atoms with van der Waals surface area (Å²) in [5.74, 6) is 1.90. The number of fused-ring (bicyclic) bond motifs is 1. The van der Waals surface area contributed by atoms with E-state index in [9.17, 15) is 0 Å². The second-order valence-corrected chi connectivity index (χ2v) is 7.42. The number of ether oxygens (including phenoxy) is 1. The van der Waals surface area contributed by atoms with Gasteiger partial charge in [-0.15, -0.1) is 0 Å². The van der Waals surface area contributed by atoms with Crippen molar-refractivity contribution in [3.05, 3.63) is 82.9 Å². The van der Waals surface area contributed by atoms with Gasteiger partial charge in [-0.2, -0.15) is 0 Å². The van der Waals surface area contributed by atoms with Crippen LogP contribution >= 0.6 is 11.6 Å². The first-order valence-corrected chi connectivity index (χ1v) is 9.91. The van der Waals surface area contributed by atoms with Gasteiger partial charge in [0.1, 0.15) is 11.6 Å². The van der Waals surface area contributed by atoms with Crippen LogP contribution in [0.1, 0.15) is 17.5 Å². The number of halogens is 1. The molecule has 4 rings (SSSR count). The van der Waals surface area contributed by atoms with Gasteiger partial charge in [0.25, 0.3) is 0 Å². The van der Waals surface area contributed by atoms with E-state index in [0.29, 0.717) is 6.61 Å². The number of imidazole rings is 1. The molecular formula is C24H23ClN2O. The second kappa shape index (κ2) is 8.07. The topological polar surface area (TPSA) is 27.1 Å². The minimum atomic E-state index is 0.659. The van der Waals surface area contributed by atoms with Crippen molar-refractivity contribution in [2.45, 2.75) is 26.8 Å². The van der Waals surface area contributed by atoms with Crippen LogP contribution in [0.2, 0.25) is 5.02 Å². The van der Waals surface area contributed by atoms with Crippen LogP contribution in [0.3, 0.4) is 0 Å². The lowest BCUT2D eigenvalue weighted by Gasteiger charge is -2.13. The second-order valence-electron chi connectivity index (χ2n) is 6.99. The zero-order chi connectivity index (χ0) is 19.5. The molecule has 0 aliphatic rings. The number of hydrogen-bond donors (Lipinski definition) is 0. The van der Waals surface area contributed by atoms with Gasteiger partial charge in [-0.1, -0.05) is 48.0 Å². The van der Waals surface area contributed by atoms with Crippen LogP contribution in [0.15, 0.2) is 66.7 Å². The third-order valence-corrected chi connectivity index (χ3v) is 5.31. The van der Waals surface area contributed by atoms with E-state index in [0.717, 1.165) is 46.2 Å². The van der Waals surface area contributed by atoms with E-state index in [1.807, 2.05) is 42.5 Å². The number of aromatic nitrogens is 2. The van der Waals surface area contributed by atoms with E-state index >= 15 is 0 Å². The van der Waals surface area contributed by atoms with Crippen LogP contribution in [-0.2, 0) is 6.54 Å². The molecule has 0 bridgehead atoms. The highest BCUT2D eigenvalue weighted by Crippen LogP contribution is 2.27. The van der Waals surface area contributed by atoms with E-state index in [1.165, 1.54) is 11.1 Å². The average Bonchev–Trinajstić information content (AvgIpc) is 3.07. The predicted octanol–water partition coefficient (Wildman–Crippen LogP) is 6.44. The Labute approximate surface area is 170 Å². The van der Waals surface area contributed by atoms with Crippen molar-refractivity contribution in [3.63, 3.8) is 0 Å². The van der Waals surface area contributed by atoms with Crippen LogP contribution in [0.25, 0.3) is 22.4 Å². The number of para-hydroxylation sites is 2. The van der Waals surface area contributed by atoms with Gasteiger partial charge < -0.3 is 9.30 Å². The number of benzene rings is 3. The lowest BCUT2D eigenvalue weighted by Crippen LogP contribution is -2.06. The standard InChI is InChI=1S/C24H23ClN2O/c1-17-8-5-13-23(18(17)2)28-15-7-14-27-22-12-4-3-11-21(22)26-24(27)19-9-6-10-20(25)16-19/h3-6,8-13,16H,7,14-15H2,1-2H3. The van der Waals surface area contributed by atoms with Crippen LogP contribution < -0.4 is 4.74 Å². The molecule has 0 saturated heterocycles. The molecule has 0 aliphatic heterocycles. The molecule has 1 heterocycles. The van der Waals surface area contributed by atoms with Crippen molar-refractivity contribution in [2.24, 2.45) is 0 Å². The molecule has 0 radical (unpaired) electrons. The van der Waals surface area contributed by atoms with E-state index in [-0.39, 0.29) is 0 Å². The Morgan fingerprint density at radius 3 is 2.64 bits per heavy atom. The summed E-state index contributed by atoms with van der Waals surface area (Å²) in [7, 11) is 0. The van der Waals surface area contributed by atoms with Crippen molar-refractivity contribution in [2.75, 3.05) is 6.61 Å². The van der Waals surface area contributed by atoms with Crippen molar-refractivity contribution in [3.8, 4) is 17.1 Å². The van der Waals surface area contributed by atoms with Crippen LogP contribution in [-0.4, -0.2) is 16.2 Å². The summed E-state index contributed by atoms with van der Waals surface area (Å²) in [6, 6.07) is 22.3. The molecule has 0 aliphatic carbocycles. The Morgan fingerprint density at radius 1 is 0.964 bits per heavy atom. The molecular weight excluding hydrogens is 368 g/mol. The van der Waals surface area contributed by atoms with E-state index in [4.69, 9.17) is 21.3 Å². The Hall–Kier alpha value is -2.78. The van der Waals surface area contributed by atoms with Crippen molar-refractivity contribution in [1.29, 1.82) is 0 Å². The predicted molar refractivity (Wildman–Crippen MR) is 116 cm³/mol. The molecule has 3 nitrogen and oxygen atoms in total. The third-order valence-electron chi connectivity index (χ3n) is 5.08. The van der Waals surface area contributed by atoms with Crippen molar-refractivity contribution in [1.82, 2.24) is 9.55 Å². The normalized spacial score (nSPS) is 11.1. The van der Waals surface area contributed by atoms with Crippen LogP contribution in [0, 0.1) is 13.8 Å². The third kappa shape index (κ3) is 3.76. The summed E-state index contributed by atoms with van der Waals surface area (Å²) in [4.78, 5) is 4.85. The Balaban J connectivity index is 1.56. The van der Waals surface area contributed by atoms with Gasteiger partial charge in [-0.05, 0) is 61.7 Å². The van der Waals surface area contributed by atoms with Gasteiger partial charge in [0.2, 0.25) is 0 Å². The molecule has 3 aromatic carbocycles. The van der Waals surface area contributed by atoms with Gasteiger partial charge in [-0.3, -0.25) is 0 Å². The highest BCUT2D eigenvalue weighted by Gasteiger charge is 2.12. The van der Waals surface area contributed by atoms with Crippen LogP contribution in [0.5, 0.6) is 5.75 Å². The highest BCUT2D eigenvalue weighted by molar-refractivity contribution is 6.30. The lowest BCUT2D eigenvalue weighted by molar-refractivity contribution is 0.301. The lowest BCUT2D eigenvalue weighted by atomic mass is 10.1. The largest absolute Gasteiger partial charge is 0.493 e. The summed E-state index contributed by atoms with van der Waals surface area (Å²) in [6.07, 6.45) is 0.890. The van der Waals surface area contributed by atoms with Crippen molar-refractivity contribution >= 4 is 22.6 Å². The Bertz CT molecular complexity index is 1120. The molecule has 0 fully saturated rings. The fraction of sp³-hybridized carbons (Fsp3) is 0.208. The van der Waals surface area contributed by atoms with E-state index < -0.39 is 0 Å². The molecule has 0 amide bonds. The summed E-state index contributed by atoms with van der Waals surface area (Å²) >= 11 is 6.21. The van der Waals surface area contributed by atoms with Crippen molar-refractivity contribution < 1.29 is 4.74 Å². The smallest absolute Gasteiger partial charge is 0.141 e. The molecule has 142 valence electrons. The summed E-state index contributed by atoms with van der Waals surface area (Å²) in [6.45, 7) is 5.70. The minimum absolute atomic E-state index is 0.659. The molecule has 0 saturated carbocycles. The minimum Gasteiger partial charge on any atom is -0.493 e. The zero-order valence-electron chi connectivity index (χ0n) is 16.2. The molecule has 0 atom stereocenters. The first-order valence-electron chi connectivity index (χ1n) is 9.54. The summed E-state index contributed by atoms with van der Waals surface area (Å²) < 4.78 is 8.30. The number of nitrogens with zero attached hydrogens (tertiary/aromatic N) is 2. The molecule has 4 aromatic rings. The van der Waals surface area contributed by atoms with E-state index in [2.05, 4.69) is 42.7 Å². The van der Waals surface area contributed by atoms with Gasteiger partial charge in [0, 0.05) is 17.1 Å². The molecule has 4 heteroatoms. The molecule has 1 aromatic heterocycles. The van der Waals surface area contributed by atoms with Crippen LogP contribution in [0.4, 0.5) is 0 Å². The maximum atomic E-state index is 6.21. The number of rotatable bonds is 6. The Morgan fingerprint density at radius 2 is 1.79 bits per heavy atom. The highest BCUT2D eigenvalue weighted by atomic mass is 35.5. The number of hydrogen-bond acceptors (Lipinski definition) is 2. The van der Waals surface area contributed by atoms with Gasteiger partial charge in [0.05, 0.1) is 17.6 Å². The SMILES string of the molecule is Cc1cccc(OCCCn2c(-c3cccc(Cl)c3)nc3ccccc32)c1C. The molecule has 28 heavy (non-hydrogen) atoms. The summed E-state index contributed by atoms with van der Waals surface area (Å²) in [5.41, 5.74) is 5.60. The van der Waals surface area contributed by atoms with Gasteiger partial charge >= 0.3 is 0 Å². The molecule has 0 N–H and O–H groups in total. The average molecular weight is 391 g/mol. The maximum Gasteiger partial charge on any atom is 0.141 e. The number of aryl methyl sites for hydroxylation is 2. The first kappa shape index (κ1) is 18.6. The van der Waals surface area contributed by atoms with Gasteiger partial charge in [-0.25, -0.2) is 4.98 Å². The summed E-state index contributed by atoms with van der Waals surface area (Å²) in [5, 5.41) is 0.717. The van der Waals surface area contributed by atoms with Gasteiger partial charge in [0.15, 0.2) is 0 Å². The fourth-order valence-electron chi connectivity index (χ4n) is 3.44. The first-order chi connectivity index (χ1) is 13.6.